The maximum Gasteiger partial charge on any atom is 0.416 e. The zero-order valence-corrected chi connectivity index (χ0v) is 19.3. The van der Waals surface area contributed by atoms with E-state index in [4.69, 9.17) is 4.74 Å². The lowest BCUT2D eigenvalue weighted by molar-refractivity contribution is -0.137. The van der Waals surface area contributed by atoms with Crippen molar-refractivity contribution in [1.82, 2.24) is 14.5 Å². The number of aryl methyl sites for hydroxylation is 1. The summed E-state index contributed by atoms with van der Waals surface area (Å²) in [5.74, 6) is -0.479. The van der Waals surface area contributed by atoms with E-state index in [9.17, 15) is 18.0 Å². The molecule has 1 amide bonds. The summed E-state index contributed by atoms with van der Waals surface area (Å²) in [5.41, 5.74) is 1.55. The van der Waals surface area contributed by atoms with Gasteiger partial charge >= 0.3 is 6.18 Å². The Morgan fingerprint density at radius 2 is 1.79 bits per heavy atom. The molecule has 0 saturated carbocycles. The maximum absolute atomic E-state index is 13.5. The number of hydrogen-bond acceptors (Lipinski definition) is 4. The molecule has 0 aliphatic carbocycles. The average Bonchev–Trinajstić information content (AvgIpc) is 3.19. The Morgan fingerprint density at radius 1 is 1.12 bits per heavy atom. The summed E-state index contributed by atoms with van der Waals surface area (Å²) in [7, 11) is 0. The summed E-state index contributed by atoms with van der Waals surface area (Å²) >= 11 is 0. The fraction of sp³-hybridized carbons (Fsp3) is 0.360. The Morgan fingerprint density at radius 3 is 2.38 bits per heavy atom. The number of carbonyl (C=O) groups is 1. The number of hydrogen-bond donors (Lipinski definition) is 1. The Hall–Kier alpha value is -3.17. The molecular weight excluding hydrogens is 445 g/mol. The van der Waals surface area contributed by atoms with Crippen LogP contribution in [0.4, 0.5) is 18.9 Å². The highest BCUT2D eigenvalue weighted by molar-refractivity contribution is 6.04. The van der Waals surface area contributed by atoms with E-state index in [-0.39, 0.29) is 23.6 Å². The number of ether oxygens (including phenoxy) is 1. The predicted octanol–water partition coefficient (Wildman–Crippen LogP) is 5.06. The van der Waals surface area contributed by atoms with E-state index in [1.807, 2.05) is 26.0 Å². The van der Waals surface area contributed by atoms with Crippen LogP contribution in [0.5, 0.6) is 0 Å². The van der Waals surface area contributed by atoms with Crippen molar-refractivity contribution in [1.29, 1.82) is 0 Å². The summed E-state index contributed by atoms with van der Waals surface area (Å²) in [6.45, 7) is 8.24. The lowest BCUT2D eigenvalue weighted by Crippen LogP contribution is -2.44. The molecule has 1 saturated heterocycles. The number of alkyl halides is 3. The molecule has 1 fully saturated rings. The van der Waals surface area contributed by atoms with Crippen LogP contribution >= 0.6 is 0 Å². The van der Waals surface area contributed by atoms with Crippen molar-refractivity contribution in [3.8, 4) is 5.69 Å². The Bertz CT molecular complexity index is 1150. The fourth-order valence-corrected chi connectivity index (χ4v) is 4.19. The van der Waals surface area contributed by atoms with Gasteiger partial charge in [-0.15, -0.1) is 0 Å². The van der Waals surface area contributed by atoms with Gasteiger partial charge in [-0.05, 0) is 56.7 Å². The molecule has 2 aromatic carbocycles. The summed E-state index contributed by atoms with van der Waals surface area (Å²) in [6, 6.07) is 10.6. The lowest BCUT2D eigenvalue weighted by Gasteiger charge is -2.35. The molecule has 0 bridgehead atoms. The second-order valence-electron chi connectivity index (χ2n) is 8.79. The van der Waals surface area contributed by atoms with Gasteiger partial charge in [-0.2, -0.15) is 13.2 Å². The molecule has 4 rings (SSSR count). The van der Waals surface area contributed by atoms with Crippen molar-refractivity contribution in [3.63, 3.8) is 0 Å². The third kappa shape index (κ3) is 5.84. The van der Waals surface area contributed by atoms with Gasteiger partial charge in [0.25, 0.3) is 5.91 Å². The van der Waals surface area contributed by atoms with E-state index in [1.165, 1.54) is 17.0 Å². The van der Waals surface area contributed by atoms with Gasteiger partial charge in [0, 0.05) is 42.8 Å². The largest absolute Gasteiger partial charge is 0.416 e. The minimum absolute atomic E-state index is 0.0570. The number of amides is 1. The van der Waals surface area contributed by atoms with Crippen LogP contribution in [0, 0.1) is 6.92 Å². The minimum Gasteiger partial charge on any atom is -0.373 e. The molecule has 3 aromatic rings. The van der Waals surface area contributed by atoms with Gasteiger partial charge in [0.2, 0.25) is 0 Å². The summed E-state index contributed by atoms with van der Waals surface area (Å²) in [6.07, 6.45) is -1.17. The van der Waals surface area contributed by atoms with Crippen LogP contribution in [0.25, 0.3) is 5.69 Å². The zero-order valence-electron chi connectivity index (χ0n) is 19.3. The SMILES string of the molecule is Cc1cn(-c2cc(NC(=O)c3ccc(CN4CC(C)OC(C)C4)cc3)cc(C(F)(F)F)c2)cn1. The van der Waals surface area contributed by atoms with Crippen molar-refractivity contribution in [2.75, 3.05) is 18.4 Å². The maximum atomic E-state index is 13.5. The summed E-state index contributed by atoms with van der Waals surface area (Å²) in [5, 5.41) is 2.60. The van der Waals surface area contributed by atoms with Crippen LogP contribution in [0.1, 0.15) is 41.0 Å². The van der Waals surface area contributed by atoms with E-state index in [2.05, 4.69) is 15.2 Å². The van der Waals surface area contributed by atoms with E-state index >= 15 is 0 Å². The number of carbonyl (C=O) groups excluding carboxylic acids is 1. The molecular formula is C25H27F3N4O2. The molecule has 6 nitrogen and oxygen atoms in total. The lowest BCUT2D eigenvalue weighted by atomic mass is 10.1. The number of halogens is 3. The van der Waals surface area contributed by atoms with Gasteiger partial charge in [0.15, 0.2) is 0 Å². The molecule has 1 aliphatic rings. The molecule has 1 N–H and O–H groups in total. The molecule has 2 unspecified atom stereocenters. The Balaban J connectivity index is 1.49. The second kappa shape index (κ2) is 9.60. The van der Waals surface area contributed by atoms with Crippen LogP contribution in [-0.4, -0.2) is 45.7 Å². The van der Waals surface area contributed by atoms with Gasteiger partial charge in [-0.1, -0.05) is 12.1 Å². The van der Waals surface area contributed by atoms with E-state index in [0.717, 1.165) is 37.3 Å². The first-order valence-electron chi connectivity index (χ1n) is 11.1. The van der Waals surface area contributed by atoms with E-state index in [1.54, 1.807) is 25.3 Å². The number of nitrogens with zero attached hydrogens (tertiary/aromatic N) is 3. The third-order valence-electron chi connectivity index (χ3n) is 5.63. The standard InChI is InChI=1S/C25H27F3N4O2/c1-16-11-32(15-29-16)23-9-21(25(26,27)28)8-22(10-23)30-24(33)20-6-4-19(5-7-20)14-31-12-17(2)34-18(3)13-31/h4-11,15,17-18H,12-14H2,1-3H3,(H,30,33). The first-order valence-corrected chi connectivity index (χ1v) is 11.1. The van der Waals surface area contributed by atoms with Gasteiger partial charge in [0.1, 0.15) is 0 Å². The summed E-state index contributed by atoms with van der Waals surface area (Å²) < 4.78 is 47.6. The number of benzene rings is 2. The normalized spacial score (nSPS) is 19.2. The quantitative estimate of drug-likeness (QED) is 0.564. The molecule has 2 heterocycles. The molecule has 34 heavy (non-hydrogen) atoms. The average molecular weight is 473 g/mol. The topological polar surface area (TPSA) is 59.4 Å². The van der Waals surface area contributed by atoms with Crippen molar-refractivity contribution in [2.24, 2.45) is 0 Å². The number of imidazole rings is 1. The zero-order chi connectivity index (χ0) is 24.5. The van der Waals surface area contributed by atoms with E-state index < -0.39 is 17.6 Å². The van der Waals surface area contributed by atoms with Crippen molar-refractivity contribution in [2.45, 2.75) is 45.7 Å². The molecule has 2 atom stereocenters. The number of rotatable bonds is 5. The molecule has 1 aromatic heterocycles. The van der Waals surface area contributed by atoms with Crippen LogP contribution in [0.15, 0.2) is 55.0 Å². The van der Waals surface area contributed by atoms with Crippen molar-refractivity contribution in [3.05, 3.63) is 77.4 Å². The van der Waals surface area contributed by atoms with Gasteiger partial charge in [-0.25, -0.2) is 4.98 Å². The van der Waals surface area contributed by atoms with Gasteiger partial charge in [0.05, 0.1) is 29.8 Å². The molecule has 0 spiro atoms. The Kier molecular flexibility index (Phi) is 6.77. The molecule has 0 radical (unpaired) electrons. The van der Waals surface area contributed by atoms with Crippen LogP contribution in [0.3, 0.4) is 0 Å². The smallest absolute Gasteiger partial charge is 0.373 e. The first kappa shape index (κ1) is 24.0. The highest BCUT2D eigenvalue weighted by atomic mass is 19.4. The van der Waals surface area contributed by atoms with Crippen LogP contribution < -0.4 is 5.32 Å². The highest BCUT2D eigenvalue weighted by Crippen LogP contribution is 2.33. The highest BCUT2D eigenvalue weighted by Gasteiger charge is 2.31. The number of anilines is 1. The third-order valence-corrected chi connectivity index (χ3v) is 5.63. The van der Waals surface area contributed by atoms with Crippen LogP contribution in [0.2, 0.25) is 0 Å². The second-order valence-corrected chi connectivity index (χ2v) is 8.79. The van der Waals surface area contributed by atoms with Crippen molar-refractivity contribution >= 4 is 11.6 Å². The summed E-state index contributed by atoms with van der Waals surface area (Å²) in [4.78, 5) is 19.1. The monoisotopic (exact) mass is 472 g/mol. The molecule has 9 heteroatoms. The predicted molar refractivity (Wildman–Crippen MR) is 123 cm³/mol. The van der Waals surface area contributed by atoms with E-state index in [0.29, 0.717) is 11.3 Å². The minimum atomic E-state index is -4.55. The molecule has 1 aliphatic heterocycles. The fourth-order valence-electron chi connectivity index (χ4n) is 4.19. The molecule has 180 valence electrons. The van der Waals surface area contributed by atoms with Gasteiger partial charge in [-0.3, -0.25) is 9.69 Å². The van der Waals surface area contributed by atoms with Gasteiger partial charge < -0.3 is 14.6 Å². The van der Waals surface area contributed by atoms with Crippen molar-refractivity contribution < 1.29 is 22.7 Å². The number of aromatic nitrogens is 2. The van der Waals surface area contributed by atoms with Crippen LogP contribution in [-0.2, 0) is 17.5 Å². The number of nitrogens with one attached hydrogen (secondary N) is 1. The number of morpholine rings is 1. The first-order chi connectivity index (χ1) is 16.1. The Labute approximate surface area is 196 Å².